The maximum absolute atomic E-state index is 13.0. The molecule has 0 bridgehead atoms. The van der Waals surface area contributed by atoms with Crippen molar-refractivity contribution in [2.24, 2.45) is 0 Å². The van der Waals surface area contributed by atoms with Gasteiger partial charge in [-0.2, -0.15) is 4.31 Å². The molecule has 124 valence electrons. The van der Waals surface area contributed by atoms with Gasteiger partial charge in [0.2, 0.25) is 10.0 Å². The molecule has 4 rings (SSSR count). The van der Waals surface area contributed by atoms with Gasteiger partial charge in [-0.25, -0.2) is 13.4 Å². The number of hydrogen-bond acceptors (Lipinski definition) is 4. The number of aromatic nitrogens is 3. The third kappa shape index (κ3) is 2.59. The van der Waals surface area contributed by atoms with Crippen LogP contribution in [-0.2, 0) is 10.0 Å². The van der Waals surface area contributed by atoms with E-state index in [9.17, 15) is 8.42 Å². The Balaban J connectivity index is 1.76. The quantitative estimate of drug-likeness (QED) is 0.794. The SMILES string of the molecule is O=S(=O)(c1cccnc1)N1CCCC[C@@H]1c1nc2ccccc2[nH]1. The maximum atomic E-state index is 13.0. The third-order valence-electron chi connectivity index (χ3n) is 4.42. The van der Waals surface area contributed by atoms with Crippen LogP contribution in [0.5, 0.6) is 0 Å². The monoisotopic (exact) mass is 342 g/mol. The second-order valence-corrected chi connectivity index (χ2v) is 7.85. The van der Waals surface area contributed by atoms with Gasteiger partial charge in [-0.1, -0.05) is 18.6 Å². The molecule has 0 unspecified atom stereocenters. The molecule has 0 amide bonds. The van der Waals surface area contributed by atoms with E-state index in [1.54, 1.807) is 22.6 Å². The van der Waals surface area contributed by atoms with E-state index in [2.05, 4.69) is 15.0 Å². The van der Waals surface area contributed by atoms with Crippen LogP contribution in [0.15, 0.2) is 53.7 Å². The molecule has 1 aliphatic rings. The molecule has 2 aromatic heterocycles. The van der Waals surface area contributed by atoms with E-state index < -0.39 is 10.0 Å². The molecule has 3 heterocycles. The Kier molecular flexibility index (Phi) is 3.82. The highest BCUT2D eigenvalue weighted by molar-refractivity contribution is 7.89. The number of hydrogen-bond donors (Lipinski definition) is 1. The summed E-state index contributed by atoms with van der Waals surface area (Å²) in [5.41, 5.74) is 1.79. The minimum Gasteiger partial charge on any atom is -0.341 e. The van der Waals surface area contributed by atoms with Crippen LogP contribution in [0.3, 0.4) is 0 Å². The molecule has 0 aliphatic carbocycles. The van der Waals surface area contributed by atoms with Crippen LogP contribution in [0, 0.1) is 0 Å². The van der Waals surface area contributed by atoms with Crippen molar-refractivity contribution in [2.45, 2.75) is 30.2 Å². The second kappa shape index (κ2) is 5.99. The lowest BCUT2D eigenvalue weighted by Gasteiger charge is -2.33. The number of pyridine rings is 1. The molecule has 1 fully saturated rings. The minimum atomic E-state index is -3.59. The van der Waals surface area contributed by atoms with Gasteiger partial charge in [-0.15, -0.1) is 0 Å². The van der Waals surface area contributed by atoms with Crippen molar-refractivity contribution in [3.05, 3.63) is 54.6 Å². The van der Waals surface area contributed by atoms with E-state index in [0.29, 0.717) is 12.4 Å². The van der Waals surface area contributed by atoms with Crippen molar-refractivity contribution < 1.29 is 8.42 Å². The van der Waals surface area contributed by atoms with Gasteiger partial charge in [-0.3, -0.25) is 4.98 Å². The molecule has 6 nitrogen and oxygen atoms in total. The largest absolute Gasteiger partial charge is 0.341 e. The van der Waals surface area contributed by atoms with E-state index in [1.807, 2.05) is 24.3 Å². The summed E-state index contributed by atoms with van der Waals surface area (Å²) in [5.74, 6) is 0.711. The summed E-state index contributed by atoms with van der Waals surface area (Å²) in [6.45, 7) is 0.499. The van der Waals surface area contributed by atoms with Crippen molar-refractivity contribution in [1.29, 1.82) is 0 Å². The van der Waals surface area contributed by atoms with Gasteiger partial charge in [0.25, 0.3) is 0 Å². The Bertz CT molecular complexity index is 920. The molecule has 0 spiro atoms. The highest BCUT2D eigenvalue weighted by Crippen LogP contribution is 2.34. The number of nitrogens with one attached hydrogen (secondary N) is 1. The lowest BCUT2D eigenvalue weighted by molar-refractivity contribution is 0.248. The molecule has 1 saturated heterocycles. The third-order valence-corrected chi connectivity index (χ3v) is 6.31. The lowest BCUT2D eigenvalue weighted by atomic mass is 10.0. The predicted octanol–water partition coefficient (Wildman–Crippen LogP) is 2.87. The van der Waals surface area contributed by atoms with Gasteiger partial charge in [0.15, 0.2) is 0 Å². The van der Waals surface area contributed by atoms with Gasteiger partial charge >= 0.3 is 0 Å². The van der Waals surface area contributed by atoms with E-state index in [-0.39, 0.29) is 10.9 Å². The Morgan fingerprint density at radius 2 is 2.00 bits per heavy atom. The molecule has 3 aromatic rings. The first-order valence-corrected chi connectivity index (χ1v) is 9.47. The van der Waals surface area contributed by atoms with Crippen molar-refractivity contribution in [3.63, 3.8) is 0 Å². The van der Waals surface area contributed by atoms with Crippen LogP contribution in [0.25, 0.3) is 11.0 Å². The summed E-state index contributed by atoms with van der Waals surface area (Å²) in [5, 5.41) is 0. The average Bonchev–Trinajstić information content (AvgIpc) is 3.06. The number of rotatable bonds is 3. The number of imidazole rings is 1. The Morgan fingerprint density at radius 1 is 1.12 bits per heavy atom. The summed E-state index contributed by atoms with van der Waals surface area (Å²) in [7, 11) is -3.59. The summed E-state index contributed by atoms with van der Waals surface area (Å²) >= 11 is 0. The Labute approximate surface area is 140 Å². The first-order chi connectivity index (χ1) is 11.7. The molecule has 1 aromatic carbocycles. The van der Waals surface area contributed by atoms with Gasteiger partial charge in [0, 0.05) is 18.9 Å². The number of fused-ring (bicyclic) bond motifs is 1. The van der Waals surface area contributed by atoms with E-state index in [4.69, 9.17) is 0 Å². The molecular weight excluding hydrogens is 324 g/mol. The number of nitrogens with zero attached hydrogens (tertiary/aromatic N) is 3. The van der Waals surface area contributed by atoms with E-state index in [0.717, 1.165) is 30.3 Å². The Morgan fingerprint density at radius 3 is 2.79 bits per heavy atom. The number of benzene rings is 1. The van der Waals surface area contributed by atoms with Crippen LogP contribution in [0.4, 0.5) is 0 Å². The molecular formula is C17H18N4O2S. The van der Waals surface area contributed by atoms with Gasteiger partial charge in [0.1, 0.15) is 10.7 Å². The standard InChI is InChI=1S/C17H18N4O2S/c22-24(23,13-6-5-10-18-12-13)21-11-4-3-9-16(21)17-19-14-7-1-2-8-15(14)20-17/h1-2,5-8,10,12,16H,3-4,9,11H2,(H,19,20)/t16-/m1/s1. The first-order valence-electron chi connectivity index (χ1n) is 8.03. The zero-order valence-corrected chi connectivity index (χ0v) is 13.9. The number of sulfonamides is 1. The maximum Gasteiger partial charge on any atom is 0.245 e. The average molecular weight is 342 g/mol. The molecule has 1 N–H and O–H groups in total. The summed E-state index contributed by atoms with van der Waals surface area (Å²) < 4.78 is 27.6. The number of H-pyrrole nitrogens is 1. The highest BCUT2D eigenvalue weighted by atomic mass is 32.2. The van der Waals surface area contributed by atoms with Crippen LogP contribution in [0.1, 0.15) is 31.1 Å². The second-order valence-electron chi connectivity index (χ2n) is 5.96. The fourth-order valence-corrected chi connectivity index (χ4v) is 4.86. The number of aromatic amines is 1. The molecule has 7 heteroatoms. The first kappa shape index (κ1) is 15.3. The summed E-state index contributed by atoms with van der Waals surface area (Å²) in [4.78, 5) is 12.1. The topological polar surface area (TPSA) is 79.0 Å². The predicted molar refractivity (Wildman–Crippen MR) is 90.8 cm³/mol. The lowest BCUT2D eigenvalue weighted by Crippen LogP contribution is -2.39. The van der Waals surface area contributed by atoms with Crippen molar-refractivity contribution in [2.75, 3.05) is 6.54 Å². The van der Waals surface area contributed by atoms with Gasteiger partial charge in [-0.05, 0) is 37.1 Å². The molecule has 0 radical (unpaired) electrons. The summed E-state index contributed by atoms with van der Waals surface area (Å²) in [6.07, 6.45) is 5.59. The highest BCUT2D eigenvalue weighted by Gasteiger charge is 2.36. The van der Waals surface area contributed by atoms with Crippen LogP contribution in [0.2, 0.25) is 0 Å². The number of para-hydroxylation sites is 2. The van der Waals surface area contributed by atoms with Crippen molar-refractivity contribution in [1.82, 2.24) is 19.3 Å². The fourth-order valence-electron chi connectivity index (χ4n) is 3.23. The van der Waals surface area contributed by atoms with Crippen LogP contribution in [-0.4, -0.2) is 34.2 Å². The van der Waals surface area contributed by atoms with Crippen LogP contribution >= 0.6 is 0 Å². The molecule has 1 aliphatic heterocycles. The fraction of sp³-hybridized carbons (Fsp3) is 0.294. The van der Waals surface area contributed by atoms with Crippen molar-refractivity contribution in [3.8, 4) is 0 Å². The molecule has 0 saturated carbocycles. The molecule has 1 atom stereocenters. The Hall–Kier alpha value is -2.25. The normalized spacial score (nSPS) is 19.6. The minimum absolute atomic E-state index is 0.230. The summed E-state index contributed by atoms with van der Waals surface area (Å²) in [6, 6.07) is 10.7. The number of piperidine rings is 1. The van der Waals surface area contributed by atoms with Crippen molar-refractivity contribution >= 4 is 21.1 Å². The zero-order valence-electron chi connectivity index (χ0n) is 13.1. The zero-order chi connectivity index (χ0) is 16.6. The van der Waals surface area contributed by atoms with Crippen LogP contribution < -0.4 is 0 Å². The van der Waals surface area contributed by atoms with E-state index >= 15 is 0 Å². The van der Waals surface area contributed by atoms with Gasteiger partial charge in [0.05, 0.1) is 17.1 Å². The smallest absolute Gasteiger partial charge is 0.245 e. The van der Waals surface area contributed by atoms with Gasteiger partial charge < -0.3 is 4.98 Å². The van der Waals surface area contributed by atoms with E-state index in [1.165, 1.54) is 6.20 Å². The molecule has 24 heavy (non-hydrogen) atoms.